The molecular formula is C16H24N4O2. The molecule has 6 nitrogen and oxygen atoms in total. The SMILES string of the molecule is C[C@H](NC(=O)NC1CCCCC1)C(=O)NCc1cccnc1. The minimum atomic E-state index is -0.569. The molecule has 0 radical (unpaired) electrons. The molecule has 0 aromatic carbocycles. The molecule has 1 atom stereocenters. The summed E-state index contributed by atoms with van der Waals surface area (Å²) < 4.78 is 0. The van der Waals surface area contributed by atoms with E-state index in [1.165, 1.54) is 6.42 Å². The first-order valence-electron chi connectivity index (χ1n) is 7.89. The second kappa shape index (κ2) is 8.36. The Kier molecular flexibility index (Phi) is 6.18. The molecule has 2 rings (SSSR count). The van der Waals surface area contributed by atoms with E-state index in [1.807, 2.05) is 12.1 Å². The standard InChI is InChI=1S/C16H24N4O2/c1-12(15(21)18-11-13-6-5-9-17-10-13)19-16(22)20-14-7-3-2-4-8-14/h5-6,9-10,12,14H,2-4,7-8,11H2,1H3,(H,18,21)(H2,19,20,22)/t12-/m0/s1. The summed E-state index contributed by atoms with van der Waals surface area (Å²) in [6.45, 7) is 2.09. The van der Waals surface area contributed by atoms with E-state index in [2.05, 4.69) is 20.9 Å². The number of carbonyl (C=O) groups excluding carboxylic acids is 2. The Hall–Kier alpha value is -2.11. The molecule has 1 fully saturated rings. The molecule has 1 saturated carbocycles. The molecule has 3 N–H and O–H groups in total. The van der Waals surface area contributed by atoms with Crippen LogP contribution >= 0.6 is 0 Å². The van der Waals surface area contributed by atoms with Gasteiger partial charge in [-0.3, -0.25) is 9.78 Å². The normalized spacial score (nSPS) is 16.6. The van der Waals surface area contributed by atoms with Gasteiger partial charge in [0.2, 0.25) is 5.91 Å². The van der Waals surface area contributed by atoms with Crippen molar-refractivity contribution in [2.75, 3.05) is 0 Å². The number of urea groups is 1. The second-order valence-electron chi connectivity index (χ2n) is 5.75. The van der Waals surface area contributed by atoms with Crippen molar-refractivity contribution in [1.29, 1.82) is 0 Å². The molecule has 1 aliphatic carbocycles. The van der Waals surface area contributed by atoms with Crippen LogP contribution in [0.2, 0.25) is 0 Å². The topological polar surface area (TPSA) is 83.1 Å². The summed E-state index contributed by atoms with van der Waals surface area (Å²) in [5, 5.41) is 8.41. The van der Waals surface area contributed by atoms with Crippen molar-refractivity contribution in [3.05, 3.63) is 30.1 Å². The first-order valence-corrected chi connectivity index (χ1v) is 7.89. The summed E-state index contributed by atoms with van der Waals surface area (Å²) in [5.74, 6) is -0.206. The van der Waals surface area contributed by atoms with E-state index < -0.39 is 6.04 Å². The molecule has 0 bridgehead atoms. The van der Waals surface area contributed by atoms with Gasteiger partial charge in [-0.2, -0.15) is 0 Å². The number of hydrogen-bond acceptors (Lipinski definition) is 3. The van der Waals surface area contributed by atoms with Gasteiger partial charge in [-0.25, -0.2) is 4.79 Å². The number of hydrogen-bond donors (Lipinski definition) is 3. The molecule has 0 aliphatic heterocycles. The van der Waals surface area contributed by atoms with E-state index in [-0.39, 0.29) is 18.0 Å². The van der Waals surface area contributed by atoms with Gasteiger partial charge in [0.05, 0.1) is 0 Å². The maximum atomic E-state index is 12.0. The maximum Gasteiger partial charge on any atom is 0.315 e. The zero-order chi connectivity index (χ0) is 15.8. The zero-order valence-electron chi connectivity index (χ0n) is 13.0. The third kappa shape index (κ3) is 5.35. The van der Waals surface area contributed by atoms with Crippen LogP contribution in [0.5, 0.6) is 0 Å². The predicted octanol–water partition coefficient (Wildman–Crippen LogP) is 1.72. The highest BCUT2D eigenvalue weighted by Crippen LogP contribution is 2.17. The van der Waals surface area contributed by atoms with Gasteiger partial charge in [-0.05, 0) is 31.4 Å². The molecule has 120 valence electrons. The average molecular weight is 304 g/mol. The average Bonchev–Trinajstić information content (AvgIpc) is 2.54. The molecule has 22 heavy (non-hydrogen) atoms. The minimum absolute atomic E-state index is 0.206. The molecule has 1 heterocycles. The lowest BCUT2D eigenvalue weighted by Gasteiger charge is -2.24. The van der Waals surface area contributed by atoms with Gasteiger partial charge in [0.15, 0.2) is 0 Å². The Morgan fingerprint density at radius 3 is 2.77 bits per heavy atom. The van der Waals surface area contributed by atoms with Crippen LogP contribution in [0.1, 0.15) is 44.6 Å². The quantitative estimate of drug-likeness (QED) is 0.774. The van der Waals surface area contributed by atoms with E-state index in [0.717, 1.165) is 31.2 Å². The Morgan fingerprint density at radius 1 is 1.32 bits per heavy atom. The number of amides is 3. The molecule has 0 spiro atoms. The van der Waals surface area contributed by atoms with Crippen LogP contribution in [0.25, 0.3) is 0 Å². The number of aromatic nitrogens is 1. The fraction of sp³-hybridized carbons (Fsp3) is 0.562. The van der Waals surface area contributed by atoms with E-state index in [1.54, 1.807) is 19.3 Å². The van der Waals surface area contributed by atoms with Gasteiger partial charge in [0, 0.05) is 25.0 Å². The van der Waals surface area contributed by atoms with E-state index >= 15 is 0 Å². The van der Waals surface area contributed by atoms with Crippen molar-refractivity contribution in [2.24, 2.45) is 0 Å². The van der Waals surface area contributed by atoms with Gasteiger partial charge >= 0.3 is 6.03 Å². The van der Waals surface area contributed by atoms with Crippen LogP contribution in [-0.2, 0) is 11.3 Å². The van der Waals surface area contributed by atoms with Gasteiger partial charge in [0.25, 0.3) is 0 Å². The van der Waals surface area contributed by atoms with Crippen LogP contribution < -0.4 is 16.0 Å². The lowest BCUT2D eigenvalue weighted by Crippen LogP contribution is -2.50. The van der Waals surface area contributed by atoms with Crippen molar-refractivity contribution in [2.45, 2.75) is 57.7 Å². The number of nitrogens with zero attached hydrogens (tertiary/aromatic N) is 1. The Morgan fingerprint density at radius 2 is 2.09 bits per heavy atom. The molecule has 3 amide bonds. The molecule has 1 aromatic heterocycles. The molecule has 6 heteroatoms. The highest BCUT2D eigenvalue weighted by Gasteiger charge is 2.19. The van der Waals surface area contributed by atoms with Gasteiger partial charge in [-0.1, -0.05) is 25.3 Å². The zero-order valence-corrected chi connectivity index (χ0v) is 13.0. The Bertz CT molecular complexity index is 486. The molecule has 1 aliphatic rings. The fourth-order valence-corrected chi connectivity index (χ4v) is 2.58. The van der Waals surface area contributed by atoms with E-state index in [0.29, 0.717) is 6.54 Å². The predicted molar refractivity (Wildman–Crippen MR) is 84.1 cm³/mol. The third-order valence-electron chi connectivity index (χ3n) is 3.87. The molecule has 1 aromatic rings. The lowest BCUT2D eigenvalue weighted by atomic mass is 9.96. The fourth-order valence-electron chi connectivity index (χ4n) is 2.58. The van der Waals surface area contributed by atoms with Crippen LogP contribution in [0.15, 0.2) is 24.5 Å². The summed E-state index contributed by atoms with van der Waals surface area (Å²) in [7, 11) is 0. The molecule has 0 unspecified atom stereocenters. The van der Waals surface area contributed by atoms with Crippen molar-refractivity contribution >= 4 is 11.9 Å². The first kappa shape index (κ1) is 16.3. The summed E-state index contributed by atoms with van der Waals surface area (Å²) in [6, 6.07) is 3.11. The molecular weight excluding hydrogens is 280 g/mol. The summed E-state index contributed by atoms with van der Waals surface area (Å²) >= 11 is 0. The largest absolute Gasteiger partial charge is 0.350 e. The van der Waals surface area contributed by atoms with Gasteiger partial charge < -0.3 is 16.0 Å². The molecule has 0 saturated heterocycles. The van der Waals surface area contributed by atoms with Crippen LogP contribution in [0, 0.1) is 0 Å². The van der Waals surface area contributed by atoms with Gasteiger partial charge in [-0.15, -0.1) is 0 Å². The summed E-state index contributed by atoms with van der Waals surface area (Å²) in [4.78, 5) is 27.8. The third-order valence-corrected chi connectivity index (χ3v) is 3.87. The smallest absolute Gasteiger partial charge is 0.315 e. The number of carbonyl (C=O) groups is 2. The monoisotopic (exact) mass is 304 g/mol. The summed E-state index contributed by atoms with van der Waals surface area (Å²) in [6.07, 6.45) is 8.99. The van der Waals surface area contributed by atoms with Crippen molar-refractivity contribution in [3.8, 4) is 0 Å². The maximum absolute atomic E-state index is 12.0. The Labute approximate surface area is 131 Å². The van der Waals surface area contributed by atoms with Crippen LogP contribution in [0.3, 0.4) is 0 Å². The van der Waals surface area contributed by atoms with Crippen molar-refractivity contribution in [1.82, 2.24) is 20.9 Å². The lowest BCUT2D eigenvalue weighted by molar-refractivity contribution is -0.122. The summed E-state index contributed by atoms with van der Waals surface area (Å²) in [5.41, 5.74) is 0.926. The number of nitrogens with one attached hydrogen (secondary N) is 3. The number of rotatable bonds is 5. The minimum Gasteiger partial charge on any atom is -0.350 e. The number of pyridine rings is 1. The van der Waals surface area contributed by atoms with Crippen LogP contribution in [0.4, 0.5) is 4.79 Å². The highest BCUT2D eigenvalue weighted by molar-refractivity contribution is 5.86. The van der Waals surface area contributed by atoms with Crippen LogP contribution in [-0.4, -0.2) is 29.0 Å². The van der Waals surface area contributed by atoms with Crippen molar-refractivity contribution in [3.63, 3.8) is 0 Å². The Balaban J connectivity index is 1.69. The van der Waals surface area contributed by atoms with Crippen molar-refractivity contribution < 1.29 is 9.59 Å². The van der Waals surface area contributed by atoms with Gasteiger partial charge in [0.1, 0.15) is 6.04 Å². The van der Waals surface area contributed by atoms with E-state index in [9.17, 15) is 9.59 Å². The van der Waals surface area contributed by atoms with E-state index in [4.69, 9.17) is 0 Å². The highest BCUT2D eigenvalue weighted by atomic mass is 16.2. The second-order valence-corrected chi connectivity index (χ2v) is 5.75. The first-order chi connectivity index (χ1) is 10.6.